The van der Waals surface area contributed by atoms with Crippen molar-refractivity contribution in [3.63, 3.8) is 0 Å². The van der Waals surface area contributed by atoms with Crippen molar-refractivity contribution < 1.29 is 13.2 Å². The molecule has 1 aliphatic rings. The first-order valence-electron chi connectivity index (χ1n) is 8.99. The quantitative estimate of drug-likeness (QED) is 0.664. The van der Waals surface area contributed by atoms with Crippen LogP contribution in [-0.4, -0.2) is 24.5 Å². The standard InChI is InChI=1S/C22H24F3N/c1-14-4-5-17(12-15(14)2)6-9-26-10-7-18(8-11-26)19-13-20(23)22(25)16(3)21(19)24/h4-5,7,12-13H,6,8-11H2,1-3H3. The van der Waals surface area contributed by atoms with Gasteiger partial charge in [0.25, 0.3) is 0 Å². The highest BCUT2D eigenvalue weighted by molar-refractivity contribution is 5.68. The van der Waals surface area contributed by atoms with Crippen LogP contribution in [0.1, 0.15) is 34.2 Å². The monoisotopic (exact) mass is 359 g/mol. The summed E-state index contributed by atoms with van der Waals surface area (Å²) in [5.74, 6) is -2.74. The molecule has 0 N–H and O–H groups in total. The van der Waals surface area contributed by atoms with Gasteiger partial charge in [0.05, 0.1) is 0 Å². The van der Waals surface area contributed by atoms with Crippen LogP contribution in [0.4, 0.5) is 13.2 Å². The molecule has 138 valence electrons. The first-order valence-corrected chi connectivity index (χ1v) is 8.99. The van der Waals surface area contributed by atoms with Gasteiger partial charge in [0, 0.05) is 30.8 Å². The average Bonchev–Trinajstić information content (AvgIpc) is 2.64. The van der Waals surface area contributed by atoms with Gasteiger partial charge in [-0.15, -0.1) is 0 Å². The highest BCUT2D eigenvalue weighted by Crippen LogP contribution is 2.29. The van der Waals surface area contributed by atoms with E-state index in [0.29, 0.717) is 13.0 Å². The molecule has 0 unspecified atom stereocenters. The second-order valence-corrected chi connectivity index (χ2v) is 7.11. The molecule has 2 aromatic rings. The minimum Gasteiger partial charge on any atom is -0.299 e. The zero-order chi connectivity index (χ0) is 18.8. The lowest BCUT2D eigenvalue weighted by Gasteiger charge is -2.27. The Morgan fingerprint density at radius 2 is 1.73 bits per heavy atom. The first kappa shape index (κ1) is 18.7. The average molecular weight is 359 g/mol. The second-order valence-electron chi connectivity index (χ2n) is 7.11. The fraction of sp³-hybridized carbons (Fsp3) is 0.364. The number of rotatable bonds is 4. The number of aryl methyl sites for hydroxylation is 2. The molecular weight excluding hydrogens is 335 g/mol. The van der Waals surface area contributed by atoms with Gasteiger partial charge in [0.15, 0.2) is 11.6 Å². The van der Waals surface area contributed by atoms with Gasteiger partial charge in [-0.1, -0.05) is 24.3 Å². The smallest absolute Gasteiger partial charge is 0.164 e. The number of hydrogen-bond acceptors (Lipinski definition) is 1. The van der Waals surface area contributed by atoms with Crippen LogP contribution in [0, 0.1) is 38.2 Å². The summed E-state index contributed by atoms with van der Waals surface area (Å²) in [6.45, 7) is 7.90. The zero-order valence-electron chi connectivity index (χ0n) is 15.5. The molecule has 1 heterocycles. The summed E-state index contributed by atoms with van der Waals surface area (Å²) in [5, 5.41) is 0. The van der Waals surface area contributed by atoms with E-state index < -0.39 is 17.5 Å². The lowest BCUT2D eigenvalue weighted by atomic mass is 9.96. The highest BCUT2D eigenvalue weighted by atomic mass is 19.2. The third-order valence-electron chi connectivity index (χ3n) is 5.30. The predicted molar refractivity (Wildman–Crippen MR) is 99.7 cm³/mol. The Hall–Kier alpha value is -2.07. The van der Waals surface area contributed by atoms with E-state index in [1.807, 2.05) is 6.08 Å². The maximum Gasteiger partial charge on any atom is 0.164 e. The molecule has 1 aliphatic heterocycles. The summed E-state index contributed by atoms with van der Waals surface area (Å²) in [7, 11) is 0. The van der Waals surface area contributed by atoms with Crippen LogP contribution >= 0.6 is 0 Å². The van der Waals surface area contributed by atoms with Gasteiger partial charge in [-0.2, -0.15) is 0 Å². The molecule has 0 radical (unpaired) electrons. The van der Waals surface area contributed by atoms with E-state index in [-0.39, 0.29) is 11.1 Å². The van der Waals surface area contributed by atoms with Crippen LogP contribution in [0.5, 0.6) is 0 Å². The van der Waals surface area contributed by atoms with Gasteiger partial charge in [-0.25, -0.2) is 13.2 Å². The fourth-order valence-electron chi connectivity index (χ4n) is 3.37. The second kappa shape index (κ2) is 7.67. The van der Waals surface area contributed by atoms with E-state index in [1.54, 1.807) is 0 Å². The summed E-state index contributed by atoms with van der Waals surface area (Å²) in [4.78, 5) is 2.29. The van der Waals surface area contributed by atoms with Crippen molar-refractivity contribution in [2.75, 3.05) is 19.6 Å². The summed E-state index contributed by atoms with van der Waals surface area (Å²) in [6, 6.07) is 7.51. The third kappa shape index (κ3) is 3.85. The molecule has 0 fully saturated rings. The molecule has 0 spiro atoms. The largest absolute Gasteiger partial charge is 0.299 e. The van der Waals surface area contributed by atoms with Gasteiger partial charge >= 0.3 is 0 Å². The van der Waals surface area contributed by atoms with Crippen molar-refractivity contribution in [2.45, 2.75) is 33.6 Å². The summed E-state index contributed by atoms with van der Waals surface area (Å²) >= 11 is 0. The van der Waals surface area contributed by atoms with Gasteiger partial charge < -0.3 is 0 Å². The Balaban J connectivity index is 1.66. The number of halogens is 3. The van der Waals surface area contributed by atoms with Crippen LogP contribution in [0.3, 0.4) is 0 Å². The van der Waals surface area contributed by atoms with Crippen LogP contribution < -0.4 is 0 Å². The Labute approximate surface area is 153 Å². The van der Waals surface area contributed by atoms with Gasteiger partial charge in [0.1, 0.15) is 5.82 Å². The van der Waals surface area contributed by atoms with E-state index in [1.165, 1.54) is 23.6 Å². The van der Waals surface area contributed by atoms with E-state index >= 15 is 0 Å². The van der Waals surface area contributed by atoms with Crippen molar-refractivity contribution in [3.05, 3.63) is 75.6 Å². The number of benzene rings is 2. The lowest BCUT2D eigenvalue weighted by Crippen LogP contribution is -2.30. The Kier molecular flexibility index (Phi) is 5.52. The van der Waals surface area contributed by atoms with Crippen molar-refractivity contribution in [1.29, 1.82) is 0 Å². The molecule has 3 rings (SSSR count). The predicted octanol–water partition coefficient (Wildman–Crippen LogP) is 5.36. The molecule has 0 aromatic heterocycles. The van der Waals surface area contributed by atoms with Crippen molar-refractivity contribution >= 4 is 5.57 Å². The molecular formula is C22H24F3N. The minimum atomic E-state index is -1.10. The fourth-order valence-corrected chi connectivity index (χ4v) is 3.37. The summed E-state index contributed by atoms with van der Waals surface area (Å²) in [6.07, 6.45) is 3.52. The Bertz CT molecular complexity index is 855. The van der Waals surface area contributed by atoms with E-state index in [2.05, 4.69) is 36.9 Å². The number of nitrogens with zero attached hydrogens (tertiary/aromatic N) is 1. The Morgan fingerprint density at radius 3 is 2.38 bits per heavy atom. The Morgan fingerprint density at radius 1 is 0.962 bits per heavy atom. The van der Waals surface area contributed by atoms with Crippen LogP contribution in [0.15, 0.2) is 30.3 Å². The van der Waals surface area contributed by atoms with E-state index in [0.717, 1.165) is 31.1 Å². The molecule has 2 aromatic carbocycles. The molecule has 4 heteroatoms. The van der Waals surface area contributed by atoms with E-state index in [9.17, 15) is 13.2 Å². The maximum absolute atomic E-state index is 14.3. The molecule has 0 saturated heterocycles. The van der Waals surface area contributed by atoms with E-state index in [4.69, 9.17) is 0 Å². The molecule has 0 bridgehead atoms. The molecule has 0 saturated carbocycles. The minimum absolute atomic E-state index is 0.190. The maximum atomic E-state index is 14.3. The van der Waals surface area contributed by atoms with Crippen molar-refractivity contribution in [3.8, 4) is 0 Å². The van der Waals surface area contributed by atoms with Crippen molar-refractivity contribution in [1.82, 2.24) is 4.90 Å². The normalized spacial score (nSPS) is 15.2. The van der Waals surface area contributed by atoms with Gasteiger partial charge in [0.2, 0.25) is 0 Å². The third-order valence-corrected chi connectivity index (χ3v) is 5.30. The summed E-state index contributed by atoms with van der Waals surface area (Å²) in [5.41, 5.74) is 4.60. The van der Waals surface area contributed by atoms with Crippen LogP contribution in [0.2, 0.25) is 0 Å². The molecule has 0 atom stereocenters. The topological polar surface area (TPSA) is 3.24 Å². The molecule has 0 aliphatic carbocycles. The molecule has 26 heavy (non-hydrogen) atoms. The first-order chi connectivity index (χ1) is 12.4. The van der Waals surface area contributed by atoms with Gasteiger partial charge in [-0.3, -0.25) is 4.90 Å². The van der Waals surface area contributed by atoms with Crippen molar-refractivity contribution in [2.24, 2.45) is 0 Å². The summed E-state index contributed by atoms with van der Waals surface area (Å²) < 4.78 is 41.4. The van der Waals surface area contributed by atoms with Crippen LogP contribution in [-0.2, 0) is 6.42 Å². The molecule has 1 nitrogen and oxygen atoms in total. The highest BCUT2D eigenvalue weighted by Gasteiger charge is 2.20. The molecule has 0 amide bonds. The zero-order valence-corrected chi connectivity index (χ0v) is 15.5. The number of hydrogen-bond donors (Lipinski definition) is 0. The SMILES string of the molecule is Cc1ccc(CCN2CC=C(c3cc(F)c(F)c(C)c3F)CC2)cc1C. The lowest BCUT2D eigenvalue weighted by molar-refractivity contribution is 0.305. The van der Waals surface area contributed by atoms with Gasteiger partial charge in [-0.05, 0) is 61.9 Å². The van der Waals surface area contributed by atoms with Crippen LogP contribution in [0.25, 0.3) is 5.57 Å².